The maximum Gasteiger partial charge on any atom is 0.414 e. The second-order valence-electron chi connectivity index (χ2n) is 6.01. The van der Waals surface area contributed by atoms with Gasteiger partial charge in [-0.1, -0.05) is 36.4 Å². The molecule has 2 heterocycles. The first-order valence-corrected chi connectivity index (χ1v) is 8.38. The molecular weight excluding hydrogens is 334 g/mol. The van der Waals surface area contributed by atoms with Crippen molar-refractivity contribution in [2.75, 3.05) is 26.2 Å². The van der Waals surface area contributed by atoms with Gasteiger partial charge in [-0.3, -0.25) is 14.8 Å². The number of carbonyl (C=O) groups is 2. The zero-order chi connectivity index (χ0) is 18.8. The summed E-state index contributed by atoms with van der Waals surface area (Å²) in [6.45, 7) is 6.67. The molecule has 1 aromatic carbocycles. The molecule has 7 heteroatoms. The molecule has 0 spiro atoms. The summed E-state index contributed by atoms with van der Waals surface area (Å²) in [6, 6.07) is 14.9. The van der Waals surface area contributed by atoms with Gasteiger partial charge in [-0.05, 0) is 17.2 Å². The number of hydrogen-bond donors (Lipinski definition) is 2. The first-order chi connectivity index (χ1) is 12.5. The van der Waals surface area contributed by atoms with Crippen LogP contribution >= 0.6 is 0 Å². The summed E-state index contributed by atoms with van der Waals surface area (Å²) < 4.78 is 0. The van der Waals surface area contributed by atoms with E-state index in [1.54, 1.807) is 0 Å². The predicted molar refractivity (Wildman–Crippen MR) is 96.5 cm³/mol. The topological polar surface area (TPSA) is 94.0 Å². The van der Waals surface area contributed by atoms with Gasteiger partial charge in [-0.15, -0.1) is 0 Å². The van der Waals surface area contributed by atoms with Gasteiger partial charge in [0.05, 0.1) is 0 Å². The Balaban J connectivity index is 0.000000352. The van der Waals surface area contributed by atoms with Crippen LogP contribution in [0.5, 0.6) is 0 Å². The summed E-state index contributed by atoms with van der Waals surface area (Å²) >= 11 is 0. The van der Waals surface area contributed by atoms with Crippen LogP contribution in [0.2, 0.25) is 0 Å². The summed E-state index contributed by atoms with van der Waals surface area (Å²) in [6.07, 6.45) is 3.80. The second kappa shape index (κ2) is 10.3. The molecule has 1 saturated heterocycles. The van der Waals surface area contributed by atoms with Crippen molar-refractivity contribution < 1.29 is 19.8 Å². The Hall–Kier alpha value is -2.77. The van der Waals surface area contributed by atoms with E-state index in [2.05, 4.69) is 51.2 Å². The maximum atomic E-state index is 9.10. The van der Waals surface area contributed by atoms with Gasteiger partial charge in [0, 0.05) is 51.7 Å². The number of carboxylic acid groups (broad SMARTS) is 2. The number of aliphatic carboxylic acids is 2. The lowest BCUT2D eigenvalue weighted by atomic mass is 10.2. The first-order valence-electron chi connectivity index (χ1n) is 8.38. The van der Waals surface area contributed by atoms with E-state index >= 15 is 0 Å². The molecule has 1 aliphatic rings. The van der Waals surface area contributed by atoms with E-state index in [4.69, 9.17) is 19.8 Å². The molecule has 1 aromatic heterocycles. The van der Waals surface area contributed by atoms with Crippen LogP contribution < -0.4 is 0 Å². The average molecular weight is 357 g/mol. The highest BCUT2D eigenvalue weighted by molar-refractivity contribution is 6.27. The Morgan fingerprint density at radius 3 is 1.77 bits per heavy atom. The van der Waals surface area contributed by atoms with E-state index in [-0.39, 0.29) is 0 Å². The molecule has 0 atom stereocenters. The smallest absolute Gasteiger partial charge is 0.414 e. The molecule has 0 radical (unpaired) electrons. The third-order valence-corrected chi connectivity index (χ3v) is 4.03. The summed E-state index contributed by atoms with van der Waals surface area (Å²) in [5.74, 6) is -3.65. The highest BCUT2D eigenvalue weighted by Gasteiger charge is 2.16. The fraction of sp³-hybridized carbons (Fsp3) is 0.316. The highest BCUT2D eigenvalue weighted by atomic mass is 16.4. The maximum absolute atomic E-state index is 9.10. The van der Waals surface area contributed by atoms with Crippen LogP contribution in [-0.4, -0.2) is 63.1 Å². The molecule has 0 saturated carbocycles. The van der Waals surface area contributed by atoms with Gasteiger partial charge in [0.2, 0.25) is 0 Å². The Kier molecular flexibility index (Phi) is 7.73. The van der Waals surface area contributed by atoms with Gasteiger partial charge in [0.25, 0.3) is 0 Å². The molecular formula is C19H23N3O4. The molecule has 2 aromatic rings. The molecule has 0 unspecified atom stereocenters. The summed E-state index contributed by atoms with van der Waals surface area (Å²) in [5, 5.41) is 14.8. The lowest BCUT2D eigenvalue weighted by Crippen LogP contribution is -2.45. The molecule has 2 N–H and O–H groups in total. The number of benzene rings is 1. The van der Waals surface area contributed by atoms with Crippen molar-refractivity contribution in [3.63, 3.8) is 0 Å². The minimum absolute atomic E-state index is 1.02. The Morgan fingerprint density at radius 1 is 0.808 bits per heavy atom. The van der Waals surface area contributed by atoms with E-state index < -0.39 is 11.9 Å². The van der Waals surface area contributed by atoms with Gasteiger partial charge >= 0.3 is 11.9 Å². The highest BCUT2D eigenvalue weighted by Crippen LogP contribution is 2.10. The zero-order valence-electron chi connectivity index (χ0n) is 14.5. The van der Waals surface area contributed by atoms with E-state index in [0.717, 1.165) is 39.3 Å². The molecule has 7 nitrogen and oxygen atoms in total. The number of hydrogen-bond acceptors (Lipinski definition) is 5. The van der Waals surface area contributed by atoms with Gasteiger partial charge < -0.3 is 10.2 Å². The van der Waals surface area contributed by atoms with Crippen molar-refractivity contribution >= 4 is 11.9 Å². The van der Waals surface area contributed by atoms with Crippen LogP contribution in [0, 0.1) is 0 Å². The second-order valence-corrected chi connectivity index (χ2v) is 6.01. The third-order valence-electron chi connectivity index (χ3n) is 4.03. The van der Waals surface area contributed by atoms with Crippen LogP contribution in [0.3, 0.4) is 0 Å². The Labute approximate surface area is 152 Å². The fourth-order valence-corrected chi connectivity index (χ4v) is 2.70. The van der Waals surface area contributed by atoms with E-state index in [1.165, 1.54) is 11.1 Å². The largest absolute Gasteiger partial charge is 0.473 e. The Morgan fingerprint density at radius 2 is 1.31 bits per heavy atom. The number of rotatable bonds is 4. The van der Waals surface area contributed by atoms with Crippen molar-refractivity contribution in [2.45, 2.75) is 13.1 Å². The monoisotopic (exact) mass is 357 g/mol. The molecule has 1 fully saturated rings. The minimum Gasteiger partial charge on any atom is -0.473 e. The summed E-state index contributed by atoms with van der Waals surface area (Å²) in [5.41, 5.74) is 2.72. The van der Waals surface area contributed by atoms with E-state index in [0.29, 0.717) is 0 Å². The molecule has 26 heavy (non-hydrogen) atoms. The quantitative estimate of drug-likeness (QED) is 0.802. The van der Waals surface area contributed by atoms with Crippen molar-refractivity contribution in [2.24, 2.45) is 0 Å². The standard InChI is InChI=1S/C17H21N3.C2H2O4/c1-2-5-16(6-3-1)14-19-9-11-20(12-10-19)15-17-7-4-8-18-13-17;3-1(4)2(5)6/h1-8,13H,9-12,14-15H2;(H,3,4)(H,5,6). The van der Waals surface area contributed by atoms with E-state index in [9.17, 15) is 0 Å². The van der Waals surface area contributed by atoms with Crippen molar-refractivity contribution in [1.29, 1.82) is 0 Å². The third kappa shape index (κ3) is 7.00. The van der Waals surface area contributed by atoms with Gasteiger partial charge in [-0.25, -0.2) is 9.59 Å². The summed E-state index contributed by atoms with van der Waals surface area (Å²) in [7, 11) is 0. The fourth-order valence-electron chi connectivity index (χ4n) is 2.70. The molecule has 1 aliphatic heterocycles. The number of piperazine rings is 1. The van der Waals surface area contributed by atoms with Crippen LogP contribution in [0.25, 0.3) is 0 Å². The van der Waals surface area contributed by atoms with E-state index in [1.807, 2.05) is 18.5 Å². The molecule has 138 valence electrons. The van der Waals surface area contributed by atoms with Crippen LogP contribution in [-0.2, 0) is 22.7 Å². The first kappa shape index (κ1) is 19.6. The summed E-state index contributed by atoms with van der Waals surface area (Å²) in [4.78, 5) is 27.4. The van der Waals surface area contributed by atoms with Crippen molar-refractivity contribution in [3.8, 4) is 0 Å². The molecule has 0 bridgehead atoms. The number of pyridine rings is 1. The van der Waals surface area contributed by atoms with Crippen LogP contribution in [0.4, 0.5) is 0 Å². The lowest BCUT2D eigenvalue weighted by Gasteiger charge is -2.34. The van der Waals surface area contributed by atoms with Gasteiger partial charge in [0.1, 0.15) is 0 Å². The predicted octanol–water partition coefficient (Wildman–Crippen LogP) is 1.55. The molecule has 3 rings (SSSR count). The van der Waals surface area contributed by atoms with Gasteiger partial charge in [-0.2, -0.15) is 0 Å². The Bertz CT molecular complexity index is 625. The minimum atomic E-state index is -1.82. The zero-order valence-corrected chi connectivity index (χ0v) is 14.5. The SMILES string of the molecule is O=C(O)C(=O)O.c1ccc(CN2CCN(Cc3cccnc3)CC2)cc1. The molecule has 0 amide bonds. The number of nitrogens with zero attached hydrogens (tertiary/aromatic N) is 3. The molecule has 0 aliphatic carbocycles. The van der Waals surface area contributed by atoms with Crippen molar-refractivity contribution in [1.82, 2.24) is 14.8 Å². The number of carboxylic acids is 2. The van der Waals surface area contributed by atoms with Crippen LogP contribution in [0.1, 0.15) is 11.1 Å². The number of aromatic nitrogens is 1. The normalized spacial score (nSPS) is 14.9. The van der Waals surface area contributed by atoms with Crippen molar-refractivity contribution in [3.05, 3.63) is 66.0 Å². The average Bonchev–Trinajstić information content (AvgIpc) is 2.65. The lowest BCUT2D eigenvalue weighted by molar-refractivity contribution is -0.159. The van der Waals surface area contributed by atoms with Gasteiger partial charge in [0.15, 0.2) is 0 Å². The van der Waals surface area contributed by atoms with Crippen LogP contribution in [0.15, 0.2) is 54.9 Å².